The number of imidazole rings is 1. The fraction of sp³-hybridized carbons (Fsp3) is 0.438. The zero-order valence-electron chi connectivity index (χ0n) is 11.2. The first-order chi connectivity index (χ1) is 9.36. The second kappa shape index (κ2) is 5.57. The van der Waals surface area contributed by atoms with E-state index in [2.05, 4.69) is 45.6 Å². The van der Waals surface area contributed by atoms with Gasteiger partial charge in [0.25, 0.3) is 0 Å². The van der Waals surface area contributed by atoms with Gasteiger partial charge in [-0.15, -0.1) is 0 Å². The standard InChI is InChI=1S/C16H21N3/c1-2-6-14(7-3-1)12-16(8-4-5-9-16)19-13-15-17-10-11-18-15/h1-3,6-7,10-11,19H,4-5,8-9,12-13H2,(H,17,18). The number of H-pyrrole nitrogens is 1. The Morgan fingerprint density at radius 3 is 2.63 bits per heavy atom. The Balaban J connectivity index is 1.68. The van der Waals surface area contributed by atoms with Crippen LogP contribution in [0.3, 0.4) is 0 Å². The third-order valence-corrected chi connectivity index (χ3v) is 4.13. The van der Waals surface area contributed by atoms with Crippen LogP contribution >= 0.6 is 0 Å². The summed E-state index contributed by atoms with van der Waals surface area (Å²) in [5.74, 6) is 1.03. The van der Waals surface area contributed by atoms with Gasteiger partial charge in [-0.3, -0.25) is 0 Å². The number of aromatic nitrogens is 2. The zero-order chi connectivity index (χ0) is 13.0. The molecule has 3 nitrogen and oxygen atoms in total. The van der Waals surface area contributed by atoms with Crippen LogP contribution in [0.25, 0.3) is 0 Å². The van der Waals surface area contributed by atoms with Crippen molar-refractivity contribution in [2.24, 2.45) is 0 Å². The first-order valence-corrected chi connectivity index (χ1v) is 7.14. The average Bonchev–Trinajstić information content (AvgIpc) is 3.09. The molecule has 0 aliphatic heterocycles. The molecular formula is C16H21N3. The molecule has 0 radical (unpaired) electrons. The first-order valence-electron chi connectivity index (χ1n) is 7.14. The first kappa shape index (κ1) is 12.4. The van der Waals surface area contributed by atoms with E-state index in [1.165, 1.54) is 31.2 Å². The van der Waals surface area contributed by atoms with E-state index in [0.717, 1.165) is 18.8 Å². The summed E-state index contributed by atoms with van der Waals surface area (Å²) in [6.07, 6.45) is 10.0. The maximum Gasteiger partial charge on any atom is 0.120 e. The summed E-state index contributed by atoms with van der Waals surface area (Å²) in [4.78, 5) is 7.47. The lowest BCUT2D eigenvalue weighted by molar-refractivity contribution is 0.323. The number of hydrogen-bond donors (Lipinski definition) is 2. The SMILES string of the molecule is c1ccc(CC2(NCc3ncc[nH]3)CCCC2)cc1. The van der Waals surface area contributed by atoms with Crippen LogP contribution in [0.4, 0.5) is 0 Å². The predicted octanol–water partition coefficient (Wildman–Crippen LogP) is 3.05. The van der Waals surface area contributed by atoms with Gasteiger partial charge in [0.05, 0.1) is 6.54 Å². The molecule has 3 heteroatoms. The van der Waals surface area contributed by atoms with Gasteiger partial charge in [0.2, 0.25) is 0 Å². The van der Waals surface area contributed by atoms with Gasteiger partial charge in [-0.1, -0.05) is 43.2 Å². The van der Waals surface area contributed by atoms with E-state index in [1.54, 1.807) is 0 Å². The highest BCUT2D eigenvalue weighted by molar-refractivity contribution is 5.18. The van der Waals surface area contributed by atoms with Crippen LogP contribution in [-0.2, 0) is 13.0 Å². The molecule has 1 aromatic heterocycles. The van der Waals surface area contributed by atoms with Crippen molar-refractivity contribution in [2.75, 3.05) is 0 Å². The van der Waals surface area contributed by atoms with Crippen molar-refractivity contribution in [2.45, 2.75) is 44.2 Å². The van der Waals surface area contributed by atoms with Crippen molar-refractivity contribution < 1.29 is 0 Å². The fourth-order valence-corrected chi connectivity index (χ4v) is 3.12. The number of nitrogens with one attached hydrogen (secondary N) is 2. The monoisotopic (exact) mass is 255 g/mol. The zero-order valence-corrected chi connectivity index (χ0v) is 11.2. The molecule has 1 aliphatic rings. The molecule has 0 amide bonds. The molecule has 1 saturated carbocycles. The summed E-state index contributed by atoms with van der Waals surface area (Å²) in [5, 5.41) is 3.75. The molecule has 0 saturated heterocycles. The second-order valence-electron chi connectivity index (χ2n) is 5.54. The molecule has 2 aromatic rings. The summed E-state index contributed by atoms with van der Waals surface area (Å²) < 4.78 is 0. The fourth-order valence-electron chi connectivity index (χ4n) is 3.12. The van der Waals surface area contributed by atoms with Crippen LogP contribution in [0, 0.1) is 0 Å². The molecule has 1 aromatic carbocycles. The van der Waals surface area contributed by atoms with Gasteiger partial charge in [0, 0.05) is 17.9 Å². The second-order valence-corrected chi connectivity index (χ2v) is 5.54. The lowest BCUT2D eigenvalue weighted by atomic mass is 9.89. The highest BCUT2D eigenvalue weighted by Crippen LogP contribution is 2.33. The highest BCUT2D eigenvalue weighted by Gasteiger charge is 2.33. The molecule has 1 fully saturated rings. The van der Waals surface area contributed by atoms with Crippen molar-refractivity contribution in [1.82, 2.24) is 15.3 Å². The van der Waals surface area contributed by atoms with Crippen molar-refractivity contribution in [3.05, 3.63) is 54.1 Å². The Kier molecular flexibility index (Phi) is 3.65. The Bertz CT molecular complexity index is 484. The minimum Gasteiger partial charge on any atom is -0.348 e. The minimum atomic E-state index is 0.258. The molecule has 3 rings (SSSR count). The van der Waals surface area contributed by atoms with Gasteiger partial charge >= 0.3 is 0 Å². The maximum absolute atomic E-state index is 4.30. The molecule has 19 heavy (non-hydrogen) atoms. The van der Waals surface area contributed by atoms with Crippen LogP contribution in [0.2, 0.25) is 0 Å². The lowest BCUT2D eigenvalue weighted by Crippen LogP contribution is -2.44. The Labute approximate surface area is 114 Å². The Morgan fingerprint density at radius 2 is 1.95 bits per heavy atom. The minimum absolute atomic E-state index is 0.258. The van der Waals surface area contributed by atoms with E-state index >= 15 is 0 Å². The van der Waals surface area contributed by atoms with Gasteiger partial charge in [-0.25, -0.2) is 4.98 Å². The van der Waals surface area contributed by atoms with Gasteiger partial charge in [0.1, 0.15) is 5.82 Å². The average molecular weight is 255 g/mol. The van der Waals surface area contributed by atoms with Crippen molar-refractivity contribution in [3.8, 4) is 0 Å². The molecule has 0 bridgehead atoms. The normalized spacial score (nSPS) is 17.7. The maximum atomic E-state index is 4.30. The van der Waals surface area contributed by atoms with Gasteiger partial charge in [0.15, 0.2) is 0 Å². The Morgan fingerprint density at radius 1 is 1.16 bits per heavy atom. The summed E-state index contributed by atoms with van der Waals surface area (Å²) >= 11 is 0. The molecule has 2 N–H and O–H groups in total. The highest BCUT2D eigenvalue weighted by atomic mass is 15.0. The van der Waals surface area contributed by atoms with Crippen molar-refractivity contribution in [3.63, 3.8) is 0 Å². The van der Waals surface area contributed by atoms with E-state index in [9.17, 15) is 0 Å². The molecule has 1 aliphatic carbocycles. The molecular weight excluding hydrogens is 234 g/mol. The van der Waals surface area contributed by atoms with Crippen LogP contribution in [0.5, 0.6) is 0 Å². The van der Waals surface area contributed by atoms with Gasteiger partial charge in [-0.2, -0.15) is 0 Å². The molecule has 100 valence electrons. The summed E-state index contributed by atoms with van der Waals surface area (Å²) in [5.41, 5.74) is 1.69. The van der Waals surface area contributed by atoms with E-state index in [0.29, 0.717) is 0 Å². The summed E-state index contributed by atoms with van der Waals surface area (Å²) in [6, 6.07) is 10.8. The molecule has 0 atom stereocenters. The number of benzene rings is 1. The van der Waals surface area contributed by atoms with E-state index in [4.69, 9.17) is 0 Å². The van der Waals surface area contributed by atoms with Gasteiger partial charge in [-0.05, 0) is 24.8 Å². The van der Waals surface area contributed by atoms with E-state index in [-0.39, 0.29) is 5.54 Å². The quantitative estimate of drug-likeness (QED) is 0.862. The molecule has 0 unspecified atom stereocenters. The summed E-state index contributed by atoms with van der Waals surface area (Å²) in [7, 11) is 0. The van der Waals surface area contributed by atoms with E-state index < -0.39 is 0 Å². The lowest BCUT2D eigenvalue weighted by Gasteiger charge is -2.30. The predicted molar refractivity (Wildman–Crippen MR) is 76.8 cm³/mol. The number of nitrogens with zero attached hydrogens (tertiary/aromatic N) is 1. The van der Waals surface area contributed by atoms with Crippen LogP contribution in [0.15, 0.2) is 42.7 Å². The molecule has 0 spiro atoms. The third-order valence-electron chi connectivity index (χ3n) is 4.13. The van der Waals surface area contributed by atoms with Crippen LogP contribution < -0.4 is 5.32 Å². The van der Waals surface area contributed by atoms with Crippen molar-refractivity contribution in [1.29, 1.82) is 0 Å². The summed E-state index contributed by atoms with van der Waals surface area (Å²) in [6.45, 7) is 0.833. The number of aromatic amines is 1. The van der Waals surface area contributed by atoms with Crippen LogP contribution in [0.1, 0.15) is 37.1 Å². The smallest absolute Gasteiger partial charge is 0.120 e. The largest absolute Gasteiger partial charge is 0.348 e. The third kappa shape index (κ3) is 3.04. The number of hydrogen-bond acceptors (Lipinski definition) is 2. The molecule has 1 heterocycles. The van der Waals surface area contributed by atoms with Crippen LogP contribution in [-0.4, -0.2) is 15.5 Å². The number of rotatable bonds is 5. The van der Waals surface area contributed by atoms with Crippen molar-refractivity contribution >= 4 is 0 Å². The van der Waals surface area contributed by atoms with E-state index in [1.807, 2.05) is 12.4 Å². The topological polar surface area (TPSA) is 40.7 Å². The Hall–Kier alpha value is -1.61. The van der Waals surface area contributed by atoms with Gasteiger partial charge < -0.3 is 10.3 Å².